The molecule has 3 fully saturated rings. The molecule has 3 saturated carbocycles. The molecular formula is C22H29NO. The summed E-state index contributed by atoms with van der Waals surface area (Å²) >= 11 is 0. The molecule has 0 amide bonds. The summed E-state index contributed by atoms with van der Waals surface area (Å²) in [5.41, 5.74) is 2.11. The molecule has 0 aromatic heterocycles. The van der Waals surface area contributed by atoms with Crippen molar-refractivity contribution in [2.24, 2.45) is 11.3 Å². The van der Waals surface area contributed by atoms with Crippen LogP contribution in [0, 0.1) is 11.3 Å². The number of fused-ring (bicyclic) bond motifs is 4. The van der Waals surface area contributed by atoms with Crippen molar-refractivity contribution in [3.8, 4) is 5.75 Å². The zero-order valence-corrected chi connectivity index (χ0v) is 15.2. The number of hydrogen-bond donors (Lipinski definition) is 0. The highest BCUT2D eigenvalue weighted by molar-refractivity contribution is 5.84. The van der Waals surface area contributed by atoms with Gasteiger partial charge in [-0.15, -0.1) is 0 Å². The maximum Gasteiger partial charge on any atom is 0.119 e. The van der Waals surface area contributed by atoms with Crippen LogP contribution < -0.4 is 4.74 Å². The number of rotatable bonds is 4. The van der Waals surface area contributed by atoms with Crippen LogP contribution in [0.15, 0.2) is 36.4 Å². The van der Waals surface area contributed by atoms with Gasteiger partial charge < -0.3 is 9.64 Å². The maximum absolute atomic E-state index is 5.35. The van der Waals surface area contributed by atoms with E-state index in [1.165, 1.54) is 49.4 Å². The Morgan fingerprint density at radius 3 is 2.46 bits per heavy atom. The van der Waals surface area contributed by atoms with E-state index >= 15 is 0 Å². The third kappa shape index (κ3) is 2.82. The summed E-state index contributed by atoms with van der Waals surface area (Å²) in [5, 5.41) is 2.62. The Morgan fingerprint density at radius 1 is 1.04 bits per heavy atom. The predicted molar refractivity (Wildman–Crippen MR) is 101 cm³/mol. The first-order chi connectivity index (χ1) is 11.6. The van der Waals surface area contributed by atoms with Gasteiger partial charge in [0.15, 0.2) is 0 Å². The standard InChI is InChI=1S/C22H29NO/c1-23(2)15-22-10-8-16(9-11-22)21(14-22)19-5-4-18-13-20(24-3)7-6-17(18)12-19/h4-7,12-13,16,21H,8-11,14-15H2,1-3H3/t16?,21-,22?/m1/s1. The molecule has 128 valence electrons. The SMILES string of the molecule is COc1ccc2cc([C@@H]3CC4(CN(C)C)CCC3CC4)ccc2c1. The van der Waals surface area contributed by atoms with Crippen LogP contribution in [0.5, 0.6) is 5.75 Å². The fourth-order valence-corrected chi connectivity index (χ4v) is 5.38. The molecule has 1 atom stereocenters. The van der Waals surface area contributed by atoms with Gasteiger partial charge in [0.1, 0.15) is 5.75 Å². The van der Waals surface area contributed by atoms with Gasteiger partial charge in [0, 0.05) is 6.54 Å². The zero-order valence-electron chi connectivity index (χ0n) is 15.2. The van der Waals surface area contributed by atoms with Crippen molar-refractivity contribution in [1.29, 1.82) is 0 Å². The molecule has 0 unspecified atom stereocenters. The molecule has 2 aromatic rings. The molecule has 24 heavy (non-hydrogen) atoms. The monoisotopic (exact) mass is 323 g/mol. The molecule has 0 aliphatic heterocycles. The molecule has 0 heterocycles. The summed E-state index contributed by atoms with van der Waals surface area (Å²) < 4.78 is 5.35. The second-order valence-corrected chi connectivity index (χ2v) is 8.36. The minimum atomic E-state index is 0.553. The highest BCUT2D eigenvalue weighted by Gasteiger charge is 2.46. The highest BCUT2D eigenvalue weighted by Crippen LogP contribution is 2.56. The van der Waals surface area contributed by atoms with Crippen LogP contribution in [0.4, 0.5) is 0 Å². The first kappa shape index (κ1) is 16.0. The van der Waals surface area contributed by atoms with Gasteiger partial charge in [-0.05, 0) is 91.9 Å². The van der Waals surface area contributed by atoms with Crippen molar-refractivity contribution < 1.29 is 4.74 Å². The molecule has 0 saturated heterocycles. The molecule has 0 spiro atoms. The van der Waals surface area contributed by atoms with Gasteiger partial charge >= 0.3 is 0 Å². The van der Waals surface area contributed by atoms with Gasteiger partial charge in [0.25, 0.3) is 0 Å². The van der Waals surface area contributed by atoms with Crippen LogP contribution in [-0.4, -0.2) is 32.6 Å². The molecule has 2 bridgehead atoms. The minimum absolute atomic E-state index is 0.553. The van der Waals surface area contributed by atoms with E-state index in [4.69, 9.17) is 4.74 Å². The Morgan fingerprint density at radius 2 is 1.75 bits per heavy atom. The second-order valence-electron chi connectivity index (χ2n) is 8.36. The van der Waals surface area contributed by atoms with Crippen LogP contribution in [0.25, 0.3) is 10.8 Å². The lowest BCUT2D eigenvalue weighted by atomic mass is 9.55. The van der Waals surface area contributed by atoms with E-state index in [0.717, 1.165) is 17.6 Å². The minimum Gasteiger partial charge on any atom is -0.497 e. The molecule has 0 N–H and O–H groups in total. The van der Waals surface area contributed by atoms with E-state index in [0.29, 0.717) is 5.41 Å². The smallest absolute Gasteiger partial charge is 0.119 e. The Bertz CT molecular complexity index is 728. The van der Waals surface area contributed by atoms with Gasteiger partial charge in [-0.2, -0.15) is 0 Å². The summed E-state index contributed by atoms with van der Waals surface area (Å²) in [6.07, 6.45) is 7.06. The molecule has 3 aliphatic carbocycles. The van der Waals surface area contributed by atoms with Crippen molar-refractivity contribution in [1.82, 2.24) is 4.90 Å². The van der Waals surface area contributed by atoms with Crippen LogP contribution in [0.1, 0.15) is 43.6 Å². The number of benzene rings is 2. The van der Waals surface area contributed by atoms with E-state index in [-0.39, 0.29) is 0 Å². The van der Waals surface area contributed by atoms with Crippen molar-refractivity contribution in [2.75, 3.05) is 27.7 Å². The lowest BCUT2D eigenvalue weighted by Gasteiger charge is -2.52. The van der Waals surface area contributed by atoms with Gasteiger partial charge in [-0.25, -0.2) is 0 Å². The zero-order chi connectivity index (χ0) is 16.7. The number of ether oxygens (including phenoxy) is 1. The van der Waals surface area contributed by atoms with Crippen LogP contribution in [-0.2, 0) is 0 Å². The summed E-state index contributed by atoms with van der Waals surface area (Å²) in [5.74, 6) is 2.58. The van der Waals surface area contributed by atoms with E-state index in [2.05, 4.69) is 55.4 Å². The lowest BCUT2D eigenvalue weighted by molar-refractivity contribution is 0.0220. The highest BCUT2D eigenvalue weighted by atomic mass is 16.5. The van der Waals surface area contributed by atoms with Gasteiger partial charge in [-0.3, -0.25) is 0 Å². The van der Waals surface area contributed by atoms with Crippen molar-refractivity contribution in [3.63, 3.8) is 0 Å². The molecule has 2 heteroatoms. The predicted octanol–water partition coefficient (Wildman–Crippen LogP) is 5.07. The molecule has 5 rings (SSSR count). The summed E-state index contributed by atoms with van der Waals surface area (Å²) in [4.78, 5) is 2.40. The fourth-order valence-electron chi connectivity index (χ4n) is 5.38. The Balaban J connectivity index is 1.64. The average molecular weight is 323 g/mol. The maximum atomic E-state index is 5.35. The normalized spacial score (nSPS) is 29.3. The Labute approximate surface area is 145 Å². The summed E-state index contributed by atoms with van der Waals surface area (Å²) in [7, 11) is 6.19. The number of methoxy groups -OCH3 is 1. The lowest BCUT2D eigenvalue weighted by Crippen LogP contribution is -2.44. The first-order valence-electron chi connectivity index (χ1n) is 9.31. The van der Waals surface area contributed by atoms with Gasteiger partial charge in [0.05, 0.1) is 7.11 Å². The molecule has 2 nitrogen and oxygen atoms in total. The molecule has 3 aliphatic rings. The van der Waals surface area contributed by atoms with E-state index in [1.807, 2.05) is 0 Å². The summed E-state index contributed by atoms with van der Waals surface area (Å²) in [6, 6.07) is 13.5. The van der Waals surface area contributed by atoms with Gasteiger partial charge in [0.2, 0.25) is 0 Å². The third-order valence-electron chi connectivity index (χ3n) is 6.46. The van der Waals surface area contributed by atoms with Gasteiger partial charge in [-0.1, -0.05) is 24.3 Å². The molecule has 2 aromatic carbocycles. The molecular weight excluding hydrogens is 294 g/mol. The topological polar surface area (TPSA) is 12.5 Å². The van der Waals surface area contributed by atoms with Crippen molar-refractivity contribution in [3.05, 3.63) is 42.0 Å². The molecule has 0 radical (unpaired) electrons. The van der Waals surface area contributed by atoms with E-state index < -0.39 is 0 Å². The Hall–Kier alpha value is -1.54. The van der Waals surface area contributed by atoms with Crippen molar-refractivity contribution >= 4 is 10.8 Å². The average Bonchev–Trinajstić information content (AvgIpc) is 2.60. The first-order valence-corrected chi connectivity index (χ1v) is 9.31. The van der Waals surface area contributed by atoms with E-state index in [1.54, 1.807) is 12.7 Å². The summed E-state index contributed by atoms with van der Waals surface area (Å²) in [6.45, 7) is 1.25. The number of nitrogens with zero attached hydrogens (tertiary/aromatic N) is 1. The number of hydrogen-bond acceptors (Lipinski definition) is 2. The van der Waals surface area contributed by atoms with Crippen LogP contribution in [0.2, 0.25) is 0 Å². The van der Waals surface area contributed by atoms with Crippen LogP contribution in [0.3, 0.4) is 0 Å². The van der Waals surface area contributed by atoms with Crippen molar-refractivity contribution in [2.45, 2.75) is 38.0 Å². The Kier molecular flexibility index (Phi) is 4.04. The fraction of sp³-hybridized carbons (Fsp3) is 0.545. The third-order valence-corrected chi connectivity index (χ3v) is 6.46. The van der Waals surface area contributed by atoms with E-state index in [9.17, 15) is 0 Å². The second kappa shape index (κ2) is 6.07. The van der Waals surface area contributed by atoms with Crippen LogP contribution >= 0.6 is 0 Å². The largest absolute Gasteiger partial charge is 0.497 e. The quantitative estimate of drug-likeness (QED) is 0.778.